The highest BCUT2D eigenvalue weighted by atomic mass is 35.5. The number of rotatable bonds is 4. The van der Waals surface area contributed by atoms with Gasteiger partial charge in [-0.25, -0.2) is 9.97 Å². The van der Waals surface area contributed by atoms with E-state index in [4.69, 9.17) is 9.72 Å². The Morgan fingerprint density at radius 3 is 2.31 bits per heavy atom. The molecule has 0 atom stereocenters. The molecule has 218 valence electrons. The first kappa shape index (κ1) is 27.2. The second-order valence-corrected chi connectivity index (χ2v) is 12.1. The summed E-state index contributed by atoms with van der Waals surface area (Å²) in [5.74, 6) is 2.46. The highest BCUT2D eigenvalue weighted by molar-refractivity contribution is 6.09. The van der Waals surface area contributed by atoms with Crippen molar-refractivity contribution in [2.75, 3.05) is 0 Å². The number of benzene rings is 5. The third kappa shape index (κ3) is 4.08. The van der Waals surface area contributed by atoms with Crippen molar-refractivity contribution < 1.29 is 22.1 Å². The standard InChI is InChI=1S/C39H28N4O.ClH/c1-39(2)32-14-5-3-12-28(32)31-23-40-38(22-33(31)39)43-35-16-7-4-13-29(35)30-19-18-27(21-37(30)43)44-26-11-9-10-25(20-26)42-24-41-34-15-6-8-17-36(34)42;/h3-24H,1-2H3;1H. The second-order valence-electron chi connectivity index (χ2n) is 12.1. The zero-order chi connectivity index (χ0) is 29.4. The largest absolute Gasteiger partial charge is 1.00 e. The molecule has 0 saturated carbocycles. The molecule has 9 rings (SSSR count). The molecule has 0 radical (unpaired) electrons. The van der Waals surface area contributed by atoms with Crippen molar-refractivity contribution in [3.05, 3.63) is 145 Å². The average Bonchev–Trinajstić information content (AvgIpc) is 3.70. The number of ether oxygens (including phenoxy) is 1. The maximum atomic E-state index is 6.52. The van der Waals surface area contributed by atoms with Crippen LogP contribution in [-0.2, 0) is 5.41 Å². The van der Waals surface area contributed by atoms with Gasteiger partial charge in [-0.05, 0) is 65.2 Å². The third-order valence-corrected chi connectivity index (χ3v) is 9.17. The number of pyridine rings is 1. The molecule has 0 fully saturated rings. The molecule has 0 bridgehead atoms. The van der Waals surface area contributed by atoms with E-state index in [0.29, 0.717) is 0 Å². The van der Waals surface area contributed by atoms with Gasteiger partial charge in [0.05, 0.1) is 11.0 Å². The van der Waals surface area contributed by atoms with Crippen molar-refractivity contribution in [1.29, 1.82) is 0 Å². The Kier molecular flexibility index (Phi) is 6.09. The number of halogens is 1. The van der Waals surface area contributed by atoms with Gasteiger partial charge in [-0.1, -0.05) is 74.5 Å². The lowest BCUT2D eigenvalue weighted by Gasteiger charge is -2.22. The van der Waals surface area contributed by atoms with E-state index < -0.39 is 0 Å². The van der Waals surface area contributed by atoms with Crippen LogP contribution in [-0.4, -0.2) is 14.1 Å². The fraction of sp³-hybridized carbons (Fsp3) is 0.0769. The Morgan fingerprint density at radius 1 is 0.644 bits per heavy atom. The number of hydrogen-bond donors (Lipinski definition) is 0. The van der Waals surface area contributed by atoms with Gasteiger partial charge in [-0.3, -0.25) is 4.57 Å². The van der Waals surface area contributed by atoms with E-state index in [1.54, 1.807) is 0 Å². The number of para-hydroxylation sites is 3. The molecule has 0 amide bonds. The Balaban J connectivity index is 0.00000300. The van der Waals surface area contributed by atoms with Crippen molar-refractivity contribution in [2.45, 2.75) is 19.3 Å². The predicted molar refractivity (Wildman–Crippen MR) is 176 cm³/mol. The van der Waals surface area contributed by atoms with Crippen molar-refractivity contribution in [3.8, 4) is 34.1 Å². The van der Waals surface area contributed by atoms with E-state index >= 15 is 0 Å². The number of imidazole rings is 1. The van der Waals surface area contributed by atoms with Crippen molar-refractivity contribution >= 4 is 32.8 Å². The molecule has 1 N–H and O–H groups in total. The van der Waals surface area contributed by atoms with E-state index in [2.05, 4.69) is 131 Å². The number of nitrogens with zero attached hydrogens (tertiary/aromatic N) is 3. The molecule has 3 aromatic heterocycles. The van der Waals surface area contributed by atoms with Crippen molar-refractivity contribution in [2.24, 2.45) is 0 Å². The Hall–Kier alpha value is -5.39. The van der Waals surface area contributed by atoms with Crippen LogP contribution in [0.5, 0.6) is 11.5 Å². The molecule has 0 aliphatic heterocycles. The normalized spacial score (nSPS) is 13.1. The van der Waals surface area contributed by atoms with Crippen LogP contribution in [0.2, 0.25) is 0 Å². The van der Waals surface area contributed by atoms with Gasteiger partial charge < -0.3 is 17.1 Å². The lowest BCUT2D eigenvalue weighted by molar-refractivity contribution is -0.345. The number of aromatic amines is 1. The van der Waals surface area contributed by atoms with Gasteiger partial charge in [0.1, 0.15) is 23.0 Å². The molecular formula is C39H29ClN4O. The maximum absolute atomic E-state index is 6.52. The van der Waals surface area contributed by atoms with Crippen molar-refractivity contribution in [3.63, 3.8) is 0 Å². The summed E-state index contributed by atoms with van der Waals surface area (Å²) < 4.78 is 10.9. The van der Waals surface area contributed by atoms with Gasteiger partial charge in [0.25, 0.3) is 0 Å². The van der Waals surface area contributed by atoms with Crippen LogP contribution < -0.4 is 22.1 Å². The highest BCUT2D eigenvalue weighted by Gasteiger charge is 2.36. The monoisotopic (exact) mass is 604 g/mol. The summed E-state index contributed by atoms with van der Waals surface area (Å²) in [6, 6.07) is 42.3. The van der Waals surface area contributed by atoms with Gasteiger partial charge in [0, 0.05) is 40.1 Å². The Labute approximate surface area is 266 Å². The van der Waals surface area contributed by atoms with Gasteiger partial charge >= 0.3 is 0 Å². The van der Waals surface area contributed by atoms with Crippen molar-refractivity contribution in [1.82, 2.24) is 14.1 Å². The molecule has 1 aliphatic carbocycles. The smallest absolute Gasteiger partial charge is 0.247 e. The predicted octanol–water partition coefficient (Wildman–Crippen LogP) is 6.04. The molecule has 0 spiro atoms. The zero-order valence-electron chi connectivity index (χ0n) is 24.8. The second kappa shape index (κ2) is 10.1. The summed E-state index contributed by atoms with van der Waals surface area (Å²) in [7, 11) is 0. The highest BCUT2D eigenvalue weighted by Crippen LogP contribution is 2.49. The van der Waals surface area contributed by atoms with Crippen LogP contribution in [0.4, 0.5) is 0 Å². The summed E-state index contributed by atoms with van der Waals surface area (Å²) in [4.78, 5) is 8.40. The van der Waals surface area contributed by atoms with Crippen LogP contribution in [0.3, 0.4) is 0 Å². The first-order valence-electron chi connectivity index (χ1n) is 15.0. The first-order valence-corrected chi connectivity index (χ1v) is 15.0. The summed E-state index contributed by atoms with van der Waals surface area (Å²) in [6.45, 7) is 4.61. The summed E-state index contributed by atoms with van der Waals surface area (Å²) in [5.41, 5.74) is 10.4. The quantitative estimate of drug-likeness (QED) is 0.246. The maximum Gasteiger partial charge on any atom is 0.247 e. The molecule has 0 saturated heterocycles. The molecule has 5 aromatic carbocycles. The average molecular weight is 605 g/mol. The number of hydrogen-bond acceptors (Lipinski definition) is 2. The minimum atomic E-state index is -0.107. The van der Waals surface area contributed by atoms with E-state index in [1.165, 1.54) is 33.0 Å². The summed E-state index contributed by atoms with van der Waals surface area (Å²) in [6.07, 6.45) is 4.03. The molecule has 8 aromatic rings. The van der Waals surface area contributed by atoms with Gasteiger partial charge in [-0.2, -0.15) is 4.57 Å². The van der Waals surface area contributed by atoms with Crippen LogP contribution in [0, 0.1) is 0 Å². The third-order valence-electron chi connectivity index (χ3n) is 9.17. The molecule has 6 heteroatoms. The zero-order valence-corrected chi connectivity index (χ0v) is 25.6. The first-order chi connectivity index (χ1) is 21.6. The molecular weight excluding hydrogens is 576 g/mol. The van der Waals surface area contributed by atoms with E-state index in [9.17, 15) is 0 Å². The number of fused-ring (bicyclic) bond motifs is 7. The van der Waals surface area contributed by atoms with Gasteiger partial charge in [0.2, 0.25) is 6.33 Å². The van der Waals surface area contributed by atoms with Crippen LogP contribution >= 0.6 is 0 Å². The van der Waals surface area contributed by atoms with Crippen LogP contribution in [0.1, 0.15) is 25.0 Å². The number of aromatic nitrogens is 4. The summed E-state index contributed by atoms with van der Waals surface area (Å²) in [5, 5.41) is 2.36. The molecule has 1 aliphatic rings. The number of nitrogens with one attached hydrogen (secondary N) is 1. The molecule has 45 heavy (non-hydrogen) atoms. The fourth-order valence-corrected chi connectivity index (χ4v) is 7.02. The molecule has 5 nitrogen and oxygen atoms in total. The number of H-pyrrole nitrogens is 1. The summed E-state index contributed by atoms with van der Waals surface area (Å²) >= 11 is 0. The lowest BCUT2D eigenvalue weighted by atomic mass is 9.83. The minimum Gasteiger partial charge on any atom is -1.00 e. The lowest BCUT2D eigenvalue weighted by Crippen LogP contribution is -3.00. The minimum absolute atomic E-state index is 0. The van der Waals surface area contributed by atoms with E-state index in [1.807, 2.05) is 30.7 Å². The Morgan fingerprint density at radius 2 is 1.40 bits per heavy atom. The van der Waals surface area contributed by atoms with E-state index in [-0.39, 0.29) is 17.8 Å². The van der Waals surface area contributed by atoms with Crippen LogP contribution in [0.15, 0.2) is 134 Å². The Bertz CT molecular complexity index is 2420. The van der Waals surface area contributed by atoms with Gasteiger partial charge in [0.15, 0.2) is 11.0 Å². The SMILES string of the molecule is CC1(C)c2ccccc2-c2cnc(-n3c4ccccc4c4ccc(Oc5cccc(-n6c[nH+]c7ccccc76)c5)cc43)cc21.[Cl-]. The van der Waals surface area contributed by atoms with Gasteiger partial charge in [-0.15, -0.1) is 0 Å². The van der Waals surface area contributed by atoms with E-state index in [0.717, 1.165) is 45.1 Å². The molecule has 0 unspecified atom stereocenters. The molecule has 3 heterocycles. The van der Waals surface area contributed by atoms with Crippen LogP contribution in [0.25, 0.3) is 55.5 Å². The fourth-order valence-electron chi connectivity index (χ4n) is 7.02. The topological polar surface area (TPSA) is 46.1 Å².